The largest absolute Gasteiger partial charge is 0.298 e. The third-order valence-corrected chi connectivity index (χ3v) is 5.59. The van der Waals surface area contributed by atoms with E-state index < -0.39 is 10.8 Å². The summed E-state index contributed by atoms with van der Waals surface area (Å²) in [6, 6.07) is 7.66. The molecule has 0 aliphatic rings. The van der Waals surface area contributed by atoms with Crippen LogP contribution in [0.5, 0.6) is 0 Å². The third-order valence-electron chi connectivity index (χ3n) is 2.95. The number of nitrogens with zero attached hydrogens (tertiary/aromatic N) is 2. The molecule has 10 heteroatoms. The van der Waals surface area contributed by atoms with Crippen molar-refractivity contribution in [1.82, 2.24) is 4.98 Å². The smallest absolute Gasteiger partial charge is 0.282 e. The van der Waals surface area contributed by atoms with Gasteiger partial charge in [-0.2, -0.15) is 0 Å². The highest BCUT2D eigenvalue weighted by Gasteiger charge is 2.21. The highest BCUT2D eigenvalue weighted by Crippen LogP contribution is 2.33. The van der Waals surface area contributed by atoms with E-state index in [4.69, 9.17) is 11.6 Å². The number of amides is 1. The lowest BCUT2D eigenvalue weighted by Crippen LogP contribution is -2.13. The van der Waals surface area contributed by atoms with Crippen LogP contribution < -0.4 is 5.32 Å². The van der Waals surface area contributed by atoms with Crippen LogP contribution in [0.25, 0.3) is 10.6 Å². The Morgan fingerprint density at radius 2 is 2.12 bits per heavy atom. The summed E-state index contributed by atoms with van der Waals surface area (Å²) in [5, 5.41) is 16.0. The Bertz CT molecular complexity index is 941. The van der Waals surface area contributed by atoms with Gasteiger partial charge in [-0.3, -0.25) is 20.2 Å². The van der Waals surface area contributed by atoms with E-state index in [0.29, 0.717) is 5.13 Å². The van der Waals surface area contributed by atoms with Crippen molar-refractivity contribution in [3.8, 4) is 10.6 Å². The molecule has 0 radical (unpaired) electrons. The summed E-state index contributed by atoms with van der Waals surface area (Å²) in [6.45, 7) is 0. The zero-order valence-electron chi connectivity index (χ0n) is 11.7. The molecule has 2 aromatic heterocycles. The van der Waals surface area contributed by atoms with Crippen molar-refractivity contribution in [3.63, 3.8) is 0 Å². The zero-order valence-corrected chi connectivity index (χ0v) is 15.6. The molecule has 0 saturated carbocycles. The van der Waals surface area contributed by atoms with Crippen LogP contribution in [-0.2, 0) is 0 Å². The minimum absolute atomic E-state index is 0.108. The number of carbonyl (C=O) groups excluding carboxylic acids is 1. The summed E-state index contributed by atoms with van der Waals surface area (Å²) in [5.41, 5.74) is 0.311. The van der Waals surface area contributed by atoms with Crippen molar-refractivity contribution in [2.24, 2.45) is 0 Å². The van der Waals surface area contributed by atoms with Crippen molar-refractivity contribution in [3.05, 3.63) is 60.2 Å². The average molecular weight is 445 g/mol. The van der Waals surface area contributed by atoms with Crippen LogP contribution in [0.15, 0.2) is 39.5 Å². The number of thiophene rings is 1. The van der Waals surface area contributed by atoms with Gasteiger partial charge in [-0.25, -0.2) is 4.98 Å². The van der Waals surface area contributed by atoms with E-state index in [-0.39, 0.29) is 16.3 Å². The van der Waals surface area contributed by atoms with Crippen LogP contribution in [0, 0.1) is 10.1 Å². The number of anilines is 1. The molecule has 1 N–H and O–H groups in total. The molecule has 3 aromatic rings. The highest BCUT2D eigenvalue weighted by atomic mass is 79.9. The molecular weight excluding hydrogens is 438 g/mol. The molecular formula is C14H7BrClN3O3S2. The van der Waals surface area contributed by atoms with Crippen LogP contribution in [0.1, 0.15) is 10.4 Å². The number of carbonyl (C=O) groups is 1. The van der Waals surface area contributed by atoms with Crippen LogP contribution in [0.3, 0.4) is 0 Å². The van der Waals surface area contributed by atoms with E-state index in [9.17, 15) is 14.9 Å². The summed E-state index contributed by atoms with van der Waals surface area (Å²) >= 11 is 12.0. The average Bonchev–Trinajstić information content (AvgIpc) is 3.15. The van der Waals surface area contributed by atoms with Crippen molar-refractivity contribution >= 4 is 66.9 Å². The monoisotopic (exact) mass is 443 g/mol. The quantitative estimate of drug-likeness (QED) is 0.428. The molecule has 24 heavy (non-hydrogen) atoms. The molecule has 0 aliphatic heterocycles. The van der Waals surface area contributed by atoms with E-state index >= 15 is 0 Å². The van der Waals surface area contributed by atoms with Crippen molar-refractivity contribution in [2.75, 3.05) is 5.32 Å². The molecule has 0 bridgehead atoms. The number of nitrogens with one attached hydrogen (secondary N) is 1. The Labute approximate surface area is 157 Å². The second-order valence-corrected chi connectivity index (χ2v) is 8.27. The number of hydrogen-bond acceptors (Lipinski definition) is 6. The van der Waals surface area contributed by atoms with Crippen molar-refractivity contribution in [2.45, 2.75) is 0 Å². The second-order valence-electron chi connectivity index (χ2n) is 4.51. The topological polar surface area (TPSA) is 85.1 Å². The maximum Gasteiger partial charge on any atom is 0.282 e. The number of hydrogen-bond donors (Lipinski definition) is 1. The number of nitro groups is 1. The first-order chi connectivity index (χ1) is 11.4. The first kappa shape index (κ1) is 17.0. The molecule has 2 heterocycles. The van der Waals surface area contributed by atoms with Gasteiger partial charge in [0.05, 0.1) is 19.3 Å². The molecule has 1 aromatic carbocycles. The molecule has 122 valence electrons. The van der Waals surface area contributed by atoms with Crippen LogP contribution in [-0.4, -0.2) is 15.8 Å². The van der Waals surface area contributed by atoms with E-state index in [2.05, 4.69) is 26.2 Å². The fourth-order valence-corrected chi connectivity index (χ4v) is 4.21. The fraction of sp³-hybridized carbons (Fsp3) is 0. The summed E-state index contributed by atoms with van der Waals surface area (Å²) in [6.07, 6.45) is 0. The van der Waals surface area contributed by atoms with E-state index in [1.807, 2.05) is 12.1 Å². The minimum Gasteiger partial charge on any atom is -0.298 e. The summed E-state index contributed by atoms with van der Waals surface area (Å²) in [7, 11) is 0. The lowest BCUT2D eigenvalue weighted by atomic mass is 10.1. The molecule has 6 nitrogen and oxygen atoms in total. The summed E-state index contributed by atoms with van der Waals surface area (Å²) < 4.78 is 0.977. The van der Waals surface area contributed by atoms with Crippen molar-refractivity contribution in [1.29, 1.82) is 0 Å². The number of benzene rings is 1. The molecule has 0 saturated heterocycles. The van der Waals surface area contributed by atoms with Gasteiger partial charge in [0.1, 0.15) is 5.56 Å². The van der Waals surface area contributed by atoms with Crippen LogP contribution in [0.2, 0.25) is 5.02 Å². The number of aromatic nitrogens is 1. The molecule has 0 spiro atoms. The van der Waals surface area contributed by atoms with Gasteiger partial charge in [0.2, 0.25) is 0 Å². The van der Waals surface area contributed by atoms with Crippen molar-refractivity contribution < 1.29 is 9.72 Å². The van der Waals surface area contributed by atoms with Crippen LogP contribution >= 0.6 is 50.2 Å². The Balaban J connectivity index is 1.84. The number of halogens is 2. The lowest BCUT2D eigenvalue weighted by Gasteiger charge is -2.03. The number of nitro benzene ring substituents is 1. The molecule has 0 unspecified atom stereocenters. The maximum absolute atomic E-state index is 12.3. The first-order valence-corrected chi connectivity index (χ1v) is 9.27. The standard InChI is InChI=1S/C14H7BrClN3O3S2/c15-12-4-3-11(24-12)9-6-23-14(17-9)18-13(20)8-5-7(16)1-2-10(8)19(21)22/h1-6H,(H,17,18,20). The van der Waals surface area contributed by atoms with Gasteiger partial charge in [0.25, 0.3) is 11.6 Å². The predicted molar refractivity (Wildman–Crippen MR) is 99.2 cm³/mol. The van der Waals surface area contributed by atoms with E-state index in [1.165, 1.54) is 40.9 Å². The van der Waals surface area contributed by atoms with E-state index in [0.717, 1.165) is 14.4 Å². The normalized spacial score (nSPS) is 10.6. The van der Waals surface area contributed by atoms with E-state index in [1.54, 1.807) is 5.38 Å². The lowest BCUT2D eigenvalue weighted by molar-refractivity contribution is -0.385. The van der Waals surface area contributed by atoms with Gasteiger partial charge < -0.3 is 0 Å². The number of thiazole rings is 1. The Kier molecular flexibility index (Phi) is 4.95. The van der Waals surface area contributed by atoms with Gasteiger partial charge in [0.15, 0.2) is 5.13 Å². The Morgan fingerprint density at radius 1 is 1.33 bits per heavy atom. The van der Waals surface area contributed by atoms with Gasteiger partial charge in [0, 0.05) is 16.5 Å². The SMILES string of the molecule is O=C(Nc1nc(-c2ccc(Br)s2)cs1)c1cc(Cl)ccc1[N+](=O)[O-]. The Hall–Kier alpha value is -1.81. The van der Waals surface area contributed by atoms with Gasteiger partial charge in [-0.15, -0.1) is 22.7 Å². The molecule has 0 aliphatic carbocycles. The maximum atomic E-state index is 12.3. The van der Waals surface area contributed by atoms with Gasteiger partial charge in [-0.1, -0.05) is 11.6 Å². The zero-order chi connectivity index (χ0) is 17.3. The second kappa shape index (κ2) is 6.98. The third kappa shape index (κ3) is 3.64. The van der Waals surface area contributed by atoms with Gasteiger partial charge in [-0.05, 0) is 40.2 Å². The molecule has 0 atom stereocenters. The molecule has 3 rings (SSSR count). The fourth-order valence-electron chi connectivity index (χ4n) is 1.91. The minimum atomic E-state index is -0.627. The molecule has 0 fully saturated rings. The molecule has 1 amide bonds. The summed E-state index contributed by atoms with van der Waals surface area (Å²) in [4.78, 5) is 28.0. The van der Waals surface area contributed by atoms with Gasteiger partial charge >= 0.3 is 0 Å². The summed E-state index contributed by atoms with van der Waals surface area (Å²) in [5.74, 6) is -0.627. The first-order valence-electron chi connectivity index (χ1n) is 6.40. The van der Waals surface area contributed by atoms with Crippen LogP contribution in [0.4, 0.5) is 10.8 Å². The predicted octanol–water partition coefficient (Wildman–Crippen LogP) is 5.45. The number of rotatable bonds is 4. The highest BCUT2D eigenvalue weighted by molar-refractivity contribution is 9.11. The Morgan fingerprint density at radius 3 is 2.79 bits per heavy atom.